The van der Waals surface area contributed by atoms with E-state index in [9.17, 15) is 9.59 Å². The molecule has 0 saturated carbocycles. The molecule has 2 N–H and O–H groups in total. The lowest BCUT2D eigenvalue weighted by atomic mass is 10.1. The molecule has 5 heteroatoms. The number of rotatable bonds is 4. The first-order chi connectivity index (χ1) is 13.4. The Bertz CT molecular complexity index is 990. The molecule has 0 aliphatic carbocycles. The van der Waals surface area contributed by atoms with Crippen LogP contribution in [-0.4, -0.2) is 11.8 Å². The second-order valence-electron chi connectivity index (χ2n) is 6.59. The summed E-state index contributed by atoms with van der Waals surface area (Å²) >= 11 is 0. The summed E-state index contributed by atoms with van der Waals surface area (Å²) in [7, 11) is 0. The normalized spacial score (nSPS) is 10.2. The minimum atomic E-state index is -0.761. The smallest absolute Gasteiger partial charge is 0.314 e. The first-order valence-electron chi connectivity index (χ1n) is 8.96. The van der Waals surface area contributed by atoms with Crippen LogP contribution in [0.3, 0.4) is 0 Å². The number of nitrogens with one attached hydrogen (secondary N) is 2. The predicted octanol–water partition coefficient (Wildman–Crippen LogP) is 4.98. The van der Waals surface area contributed by atoms with Crippen LogP contribution in [0, 0.1) is 20.8 Å². The van der Waals surface area contributed by atoms with Crippen molar-refractivity contribution in [1.82, 2.24) is 0 Å². The van der Waals surface area contributed by atoms with E-state index in [4.69, 9.17) is 4.74 Å². The van der Waals surface area contributed by atoms with E-state index < -0.39 is 11.8 Å². The number of carbonyl (C=O) groups excluding carboxylic acids is 2. The van der Waals surface area contributed by atoms with Crippen molar-refractivity contribution in [3.8, 4) is 11.5 Å². The molecule has 0 aliphatic rings. The lowest BCUT2D eigenvalue weighted by molar-refractivity contribution is -0.133. The molecule has 28 heavy (non-hydrogen) atoms. The highest BCUT2D eigenvalue weighted by molar-refractivity contribution is 6.44. The van der Waals surface area contributed by atoms with Gasteiger partial charge in [-0.3, -0.25) is 9.59 Å². The Kier molecular flexibility index (Phi) is 5.75. The van der Waals surface area contributed by atoms with Crippen LogP contribution in [0.15, 0.2) is 66.7 Å². The Morgan fingerprint density at radius 3 is 2.00 bits per heavy atom. The predicted molar refractivity (Wildman–Crippen MR) is 111 cm³/mol. The number of hydrogen-bond acceptors (Lipinski definition) is 3. The summed E-state index contributed by atoms with van der Waals surface area (Å²) in [5.41, 5.74) is 3.99. The fraction of sp³-hybridized carbons (Fsp3) is 0.130. The fourth-order valence-electron chi connectivity index (χ4n) is 3.00. The Morgan fingerprint density at radius 1 is 0.750 bits per heavy atom. The van der Waals surface area contributed by atoms with Gasteiger partial charge in [-0.05, 0) is 56.2 Å². The Hall–Kier alpha value is -3.60. The minimum Gasteiger partial charge on any atom is -0.455 e. The van der Waals surface area contributed by atoms with Crippen molar-refractivity contribution in [2.45, 2.75) is 20.8 Å². The van der Waals surface area contributed by atoms with Gasteiger partial charge in [0.05, 0.1) is 5.69 Å². The van der Waals surface area contributed by atoms with Crippen LogP contribution in [0.1, 0.15) is 16.7 Å². The minimum absolute atomic E-state index is 0.420. The van der Waals surface area contributed by atoms with Crippen molar-refractivity contribution in [1.29, 1.82) is 0 Å². The van der Waals surface area contributed by atoms with Gasteiger partial charge in [-0.25, -0.2) is 0 Å². The second kappa shape index (κ2) is 8.39. The second-order valence-corrected chi connectivity index (χ2v) is 6.59. The zero-order valence-corrected chi connectivity index (χ0v) is 16.1. The molecular weight excluding hydrogens is 352 g/mol. The SMILES string of the molecule is Cc1cc(C)c(NC(=O)C(=O)Nc2ccccc2Oc2ccccc2)c(C)c1. The molecule has 0 atom stereocenters. The number of carbonyl (C=O) groups is 2. The Morgan fingerprint density at radius 2 is 1.32 bits per heavy atom. The summed E-state index contributed by atoms with van der Waals surface area (Å²) in [6.45, 7) is 5.79. The molecule has 3 aromatic rings. The molecule has 5 nitrogen and oxygen atoms in total. The van der Waals surface area contributed by atoms with Crippen LogP contribution in [0.25, 0.3) is 0 Å². The number of aryl methyl sites for hydroxylation is 3. The third-order valence-corrected chi connectivity index (χ3v) is 4.23. The maximum absolute atomic E-state index is 12.4. The van der Waals surface area contributed by atoms with Gasteiger partial charge >= 0.3 is 11.8 Å². The van der Waals surface area contributed by atoms with Crippen LogP contribution in [0.2, 0.25) is 0 Å². The Labute approximate surface area is 164 Å². The van der Waals surface area contributed by atoms with Gasteiger partial charge in [-0.1, -0.05) is 48.0 Å². The van der Waals surface area contributed by atoms with Gasteiger partial charge in [0.2, 0.25) is 0 Å². The average Bonchev–Trinajstić information content (AvgIpc) is 2.66. The molecule has 3 rings (SSSR count). The van der Waals surface area contributed by atoms with Gasteiger partial charge < -0.3 is 15.4 Å². The number of ether oxygens (including phenoxy) is 1. The van der Waals surface area contributed by atoms with E-state index >= 15 is 0 Å². The first kappa shape index (κ1) is 19.2. The summed E-state index contributed by atoms with van der Waals surface area (Å²) in [6.07, 6.45) is 0. The summed E-state index contributed by atoms with van der Waals surface area (Å²) < 4.78 is 5.81. The molecule has 0 unspecified atom stereocenters. The number of amides is 2. The quantitative estimate of drug-likeness (QED) is 0.633. The number of para-hydroxylation sites is 3. The van der Waals surface area contributed by atoms with Crippen molar-refractivity contribution < 1.29 is 14.3 Å². The van der Waals surface area contributed by atoms with Gasteiger partial charge in [0.25, 0.3) is 0 Å². The largest absolute Gasteiger partial charge is 0.455 e. The topological polar surface area (TPSA) is 67.4 Å². The molecule has 2 amide bonds. The number of benzene rings is 3. The van der Waals surface area contributed by atoms with Crippen molar-refractivity contribution >= 4 is 23.2 Å². The molecule has 0 saturated heterocycles. The van der Waals surface area contributed by atoms with Crippen molar-refractivity contribution in [2.75, 3.05) is 10.6 Å². The molecule has 0 fully saturated rings. The zero-order valence-electron chi connectivity index (χ0n) is 16.1. The molecular formula is C23H22N2O3. The average molecular weight is 374 g/mol. The summed E-state index contributed by atoms with van der Waals surface area (Å²) in [6, 6.07) is 20.1. The lowest BCUT2D eigenvalue weighted by Crippen LogP contribution is -2.29. The summed E-state index contributed by atoms with van der Waals surface area (Å²) in [4.78, 5) is 24.8. The molecule has 3 aromatic carbocycles. The Balaban J connectivity index is 1.74. The highest BCUT2D eigenvalue weighted by atomic mass is 16.5. The van der Waals surface area contributed by atoms with Crippen LogP contribution in [0.5, 0.6) is 11.5 Å². The monoisotopic (exact) mass is 374 g/mol. The summed E-state index contributed by atoms with van der Waals surface area (Å²) in [5.74, 6) is -0.398. The van der Waals surface area contributed by atoms with Crippen LogP contribution in [-0.2, 0) is 9.59 Å². The van der Waals surface area contributed by atoms with Crippen LogP contribution < -0.4 is 15.4 Å². The maximum atomic E-state index is 12.4. The van der Waals surface area contributed by atoms with E-state index in [0.29, 0.717) is 22.9 Å². The van der Waals surface area contributed by atoms with Crippen LogP contribution in [0.4, 0.5) is 11.4 Å². The van der Waals surface area contributed by atoms with E-state index in [1.807, 2.05) is 63.2 Å². The third-order valence-electron chi connectivity index (χ3n) is 4.23. The highest BCUT2D eigenvalue weighted by Gasteiger charge is 2.18. The third kappa shape index (κ3) is 4.57. The number of anilines is 2. The molecule has 0 bridgehead atoms. The molecule has 0 aliphatic heterocycles. The molecule has 0 aromatic heterocycles. The van der Waals surface area contributed by atoms with Gasteiger partial charge in [0, 0.05) is 5.69 Å². The van der Waals surface area contributed by atoms with E-state index in [0.717, 1.165) is 16.7 Å². The van der Waals surface area contributed by atoms with Crippen molar-refractivity contribution in [2.24, 2.45) is 0 Å². The van der Waals surface area contributed by atoms with E-state index in [1.165, 1.54) is 0 Å². The lowest BCUT2D eigenvalue weighted by Gasteiger charge is -2.14. The van der Waals surface area contributed by atoms with Crippen molar-refractivity contribution in [3.05, 3.63) is 83.4 Å². The van der Waals surface area contributed by atoms with E-state index in [-0.39, 0.29) is 0 Å². The molecule has 142 valence electrons. The zero-order chi connectivity index (χ0) is 20.1. The van der Waals surface area contributed by atoms with Gasteiger partial charge in [0.15, 0.2) is 5.75 Å². The highest BCUT2D eigenvalue weighted by Crippen LogP contribution is 2.29. The van der Waals surface area contributed by atoms with E-state index in [2.05, 4.69) is 10.6 Å². The summed E-state index contributed by atoms with van der Waals surface area (Å²) in [5, 5.41) is 5.33. The van der Waals surface area contributed by atoms with Gasteiger partial charge in [0.1, 0.15) is 5.75 Å². The van der Waals surface area contributed by atoms with Gasteiger partial charge in [-0.2, -0.15) is 0 Å². The fourth-order valence-corrected chi connectivity index (χ4v) is 3.00. The maximum Gasteiger partial charge on any atom is 0.314 e. The van der Waals surface area contributed by atoms with E-state index in [1.54, 1.807) is 24.3 Å². The molecule has 0 radical (unpaired) electrons. The van der Waals surface area contributed by atoms with Crippen molar-refractivity contribution in [3.63, 3.8) is 0 Å². The van der Waals surface area contributed by atoms with Gasteiger partial charge in [-0.15, -0.1) is 0 Å². The molecule has 0 heterocycles. The first-order valence-corrected chi connectivity index (χ1v) is 8.96. The molecule has 0 spiro atoms. The standard InChI is InChI=1S/C23H22N2O3/c1-15-13-16(2)21(17(3)14-15)25-23(27)22(26)24-19-11-7-8-12-20(19)28-18-9-5-4-6-10-18/h4-14H,1-3H3,(H,24,26)(H,25,27). The van der Waals surface area contributed by atoms with Crippen LogP contribution >= 0.6 is 0 Å². The number of hydrogen-bond donors (Lipinski definition) is 2.